The first-order chi connectivity index (χ1) is 14.1. The molecule has 0 fully saturated rings. The van der Waals surface area contributed by atoms with Gasteiger partial charge in [0.2, 0.25) is 11.8 Å². The van der Waals surface area contributed by atoms with Crippen LogP contribution in [0.2, 0.25) is 0 Å². The van der Waals surface area contributed by atoms with Crippen molar-refractivity contribution in [1.29, 1.82) is 0 Å². The van der Waals surface area contributed by atoms with Crippen molar-refractivity contribution in [3.8, 4) is 22.9 Å². The lowest BCUT2D eigenvalue weighted by Gasteiger charge is -2.08. The van der Waals surface area contributed by atoms with Crippen LogP contribution in [-0.2, 0) is 11.2 Å². The van der Waals surface area contributed by atoms with Crippen LogP contribution in [0, 0.1) is 0 Å². The summed E-state index contributed by atoms with van der Waals surface area (Å²) in [5.74, 6) is 1.20. The molecule has 3 aromatic rings. The maximum Gasteiger partial charge on any atom is 0.233 e. The highest BCUT2D eigenvalue weighted by Crippen LogP contribution is 2.21. The third-order valence-corrected chi connectivity index (χ3v) is 4.58. The number of carbonyl (C=O) groups excluding carboxylic acids is 1. The second kappa shape index (κ2) is 10.6. The van der Waals surface area contributed by atoms with Crippen LogP contribution in [0.25, 0.3) is 11.3 Å². The van der Waals surface area contributed by atoms with Crippen molar-refractivity contribution in [2.75, 3.05) is 19.8 Å². The van der Waals surface area contributed by atoms with Gasteiger partial charge in [0.1, 0.15) is 12.4 Å². The predicted molar refractivity (Wildman–Crippen MR) is 115 cm³/mol. The largest absolute Gasteiger partial charge is 0.494 e. The van der Waals surface area contributed by atoms with Crippen LogP contribution in [0.1, 0.15) is 12.5 Å². The van der Waals surface area contributed by atoms with Gasteiger partial charge in [-0.3, -0.25) is 4.79 Å². The van der Waals surface area contributed by atoms with Crippen LogP contribution in [-0.4, -0.2) is 35.9 Å². The van der Waals surface area contributed by atoms with Crippen LogP contribution < -0.4 is 14.8 Å². The molecule has 29 heavy (non-hydrogen) atoms. The van der Waals surface area contributed by atoms with Crippen molar-refractivity contribution < 1.29 is 14.3 Å². The fraction of sp³-hybridized carbons (Fsp3) is 0.227. The molecule has 0 aliphatic carbocycles. The Morgan fingerprint density at radius 3 is 2.38 bits per heavy atom. The fourth-order valence-corrected chi connectivity index (χ4v) is 2.90. The van der Waals surface area contributed by atoms with E-state index < -0.39 is 0 Å². The summed E-state index contributed by atoms with van der Waals surface area (Å²) in [6.45, 7) is 3.31. The zero-order valence-electron chi connectivity index (χ0n) is 16.1. The monoisotopic (exact) mass is 455 g/mol. The minimum atomic E-state index is -0.0483. The molecule has 2 aromatic carbocycles. The molecule has 3 rings (SSSR count). The summed E-state index contributed by atoms with van der Waals surface area (Å²) in [5.41, 5.74) is 2.67. The minimum absolute atomic E-state index is 0.0483. The van der Waals surface area contributed by atoms with Crippen LogP contribution >= 0.6 is 15.9 Å². The van der Waals surface area contributed by atoms with E-state index in [9.17, 15) is 4.79 Å². The SMILES string of the molecule is CCOc1ccc(-c2ccc(OCCNC(=O)Cc3ccc(Br)cc3)nn2)cc1. The number of ether oxygens (including phenoxy) is 2. The summed E-state index contributed by atoms with van der Waals surface area (Å²) in [7, 11) is 0. The number of nitrogens with zero attached hydrogens (tertiary/aromatic N) is 2. The number of nitrogens with one attached hydrogen (secondary N) is 1. The van der Waals surface area contributed by atoms with Gasteiger partial charge in [0.25, 0.3) is 0 Å². The maximum absolute atomic E-state index is 12.0. The first-order valence-electron chi connectivity index (χ1n) is 9.35. The molecule has 1 aromatic heterocycles. The molecule has 1 heterocycles. The Hall–Kier alpha value is -2.93. The van der Waals surface area contributed by atoms with Gasteiger partial charge in [-0.2, -0.15) is 0 Å². The van der Waals surface area contributed by atoms with E-state index in [-0.39, 0.29) is 5.91 Å². The molecule has 0 saturated heterocycles. The molecule has 7 heteroatoms. The molecule has 0 spiro atoms. The van der Waals surface area contributed by atoms with E-state index in [2.05, 4.69) is 31.4 Å². The van der Waals surface area contributed by atoms with Gasteiger partial charge < -0.3 is 14.8 Å². The molecule has 0 aliphatic heterocycles. The lowest BCUT2D eigenvalue weighted by atomic mass is 10.1. The number of rotatable bonds is 9. The molecule has 150 valence electrons. The quantitative estimate of drug-likeness (QED) is 0.492. The Morgan fingerprint density at radius 2 is 1.72 bits per heavy atom. The number of aromatic nitrogens is 2. The van der Waals surface area contributed by atoms with Crippen LogP contribution in [0.4, 0.5) is 0 Å². The second-order valence-corrected chi connectivity index (χ2v) is 7.13. The molecular weight excluding hydrogens is 434 g/mol. The predicted octanol–water partition coefficient (Wildman–Crippen LogP) is 4.04. The molecule has 0 atom stereocenters. The molecule has 6 nitrogen and oxygen atoms in total. The number of hydrogen-bond donors (Lipinski definition) is 1. The highest BCUT2D eigenvalue weighted by atomic mass is 79.9. The molecule has 1 N–H and O–H groups in total. The average Bonchev–Trinajstić information content (AvgIpc) is 2.74. The smallest absolute Gasteiger partial charge is 0.233 e. The van der Waals surface area contributed by atoms with Crippen molar-refractivity contribution in [2.45, 2.75) is 13.3 Å². The van der Waals surface area contributed by atoms with E-state index in [1.165, 1.54) is 0 Å². The average molecular weight is 456 g/mol. The fourth-order valence-electron chi connectivity index (χ4n) is 2.64. The van der Waals surface area contributed by atoms with Gasteiger partial charge in [-0.15, -0.1) is 10.2 Å². The molecular formula is C22H22BrN3O3. The molecule has 0 saturated carbocycles. The van der Waals surface area contributed by atoms with Crippen molar-refractivity contribution in [1.82, 2.24) is 15.5 Å². The van der Waals surface area contributed by atoms with Gasteiger partial charge in [-0.05, 0) is 55.0 Å². The number of carbonyl (C=O) groups is 1. The van der Waals surface area contributed by atoms with Crippen LogP contribution in [0.5, 0.6) is 11.6 Å². The van der Waals surface area contributed by atoms with Gasteiger partial charge in [0, 0.05) is 16.1 Å². The van der Waals surface area contributed by atoms with Gasteiger partial charge in [-0.1, -0.05) is 28.1 Å². The van der Waals surface area contributed by atoms with E-state index in [0.717, 1.165) is 27.0 Å². The first kappa shape index (κ1) is 20.8. The van der Waals surface area contributed by atoms with Gasteiger partial charge in [0.05, 0.1) is 25.3 Å². The third kappa shape index (κ3) is 6.57. The zero-order valence-corrected chi connectivity index (χ0v) is 17.7. The molecule has 0 unspecified atom stereocenters. The summed E-state index contributed by atoms with van der Waals surface area (Å²) in [6, 6.07) is 19.0. The first-order valence-corrected chi connectivity index (χ1v) is 10.1. The van der Waals surface area contributed by atoms with E-state index >= 15 is 0 Å². The standard InChI is InChI=1S/C22H22BrN3O3/c1-2-28-19-9-5-17(6-10-19)20-11-12-22(26-25-20)29-14-13-24-21(27)15-16-3-7-18(23)8-4-16/h3-12H,2,13-15H2,1H3,(H,24,27). The van der Waals surface area contributed by atoms with Gasteiger partial charge >= 0.3 is 0 Å². The third-order valence-electron chi connectivity index (χ3n) is 4.05. The maximum atomic E-state index is 12.0. The summed E-state index contributed by atoms with van der Waals surface area (Å²) < 4.78 is 12.0. The second-order valence-electron chi connectivity index (χ2n) is 6.22. The van der Waals surface area contributed by atoms with Crippen LogP contribution in [0.3, 0.4) is 0 Å². The van der Waals surface area contributed by atoms with Crippen molar-refractivity contribution in [3.05, 3.63) is 70.7 Å². The lowest BCUT2D eigenvalue weighted by molar-refractivity contribution is -0.120. The Morgan fingerprint density at radius 1 is 0.966 bits per heavy atom. The van der Waals surface area contributed by atoms with Crippen molar-refractivity contribution in [3.63, 3.8) is 0 Å². The number of amides is 1. The highest BCUT2D eigenvalue weighted by molar-refractivity contribution is 9.10. The van der Waals surface area contributed by atoms with E-state index in [0.29, 0.717) is 32.1 Å². The normalized spacial score (nSPS) is 10.4. The van der Waals surface area contributed by atoms with Gasteiger partial charge in [0.15, 0.2) is 0 Å². The highest BCUT2D eigenvalue weighted by Gasteiger charge is 2.05. The Labute approximate surface area is 178 Å². The number of hydrogen-bond acceptors (Lipinski definition) is 5. The summed E-state index contributed by atoms with van der Waals surface area (Å²) >= 11 is 3.38. The van der Waals surface area contributed by atoms with Crippen molar-refractivity contribution in [2.24, 2.45) is 0 Å². The molecule has 0 aliphatic rings. The van der Waals surface area contributed by atoms with E-state index in [1.54, 1.807) is 6.07 Å². The lowest BCUT2D eigenvalue weighted by Crippen LogP contribution is -2.29. The molecule has 1 amide bonds. The summed E-state index contributed by atoms with van der Waals surface area (Å²) in [5, 5.41) is 11.1. The number of halogens is 1. The molecule has 0 bridgehead atoms. The van der Waals surface area contributed by atoms with Crippen molar-refractivity contribution >= 4 is 21.8 Å². The Balaban J connectivity index is 1.42. The number of benzene rings is 2. The minimum Gasteiger partial charge on any atom is -0.494 e. The van der Waals surface area contributed by atoms with E-state index in [4.69, 9.17) is 9.47 Å². The summed E-state index contributed by atoms with van der Waals surface area (Å²) in [6.07, 6.45) is 0.337. The van der Waals surface area contributed by atoms with Crippen LogP contribution in [0.15, 0.2) is 65.1 Å². The summed E-state index contributed by atoms with van der Waals surface area (Å²) in [4.78, 5) is 12.0. The van der Waals surface area contributed by atoms with E-state index in [1.807, 2.05) is 61.5 Å². The van der Waals surface area contributed by atoms with Gasteiger partial charge in [-0.25, -0.2) is 0 Å². The Kier molecular flexibility index (Phi) is 7.58. The topological polar surface area (TPSA) is 73.3 Å². The zero-order chi connectivity index (χ0) is 20.5. The molecule has 0 radical (unpaired) electrons. The Bertz CT molecular complexity index is 914.